The van der Waals surface area contributed by atoms with Crippen molar-refractivity contribution in [2.45, 2.75) is 42.7 Å². The Balaban J connectivity index is 1.84. The van der Waals surface area contributed by atoms with Crippen LogP contribution in [-0.2, 0) is 17.4 Å². The van der Waals surface area contributed by atoms with E-state index in [9.17, 15) is 23.1 Å². The molecule has 0 unspecified atom stereocenters. The first-order chi connectivity index (χ1) is 12.6. The van der Waals surface area contributed by atoms with Gasteiger partial charge in [0.25, 0.3) is 0 Å². The fourth-order valence-electron chi connectivity index (χ4n) is 2.43. The van der Waals surface area contributed by atoms with Gasteiger partial charge in [-0.25, -0.2) is 0 Å². The van der Waals surface area contributed by atoms with Gasteiger partial charge in [0, 0.05) is 16.7 Å². The summed E-state index contributed by atoms with van der Waals surface area (Å²) in [6, 6.07) is 11.9. The first-order valence-corrected chi connectivity index (χ1v) is 9.40. The van der Waals surface area contributed by atoms with E-state index < -0.39 is 17.8 Å². The number of nitrogens with one attached hydrogen (secondary N) is 1. The normalized spacial score (nSPS) is 12.9. The van der Waals surface area contributed by atoms with Crippen LogP contribution in [-0.4, -0.2) is 22.8 Å². The molecule has 2 aromatic carbocycles. The van der Waals surface area contributed by atoms with Gasteiger partial charge in [0.2, 0.25) is 5.91 Å². The molecule has 0 fully saturated rings. The van der Waals surface area contributed by atoms with E-state index >= 15 is 0 Å². The molecule has 3 nitrogen and oxygen atoms in total. The number of hydrogen-bond donors (Lipinski definition) is 2. The van der Waals surface area contributed by atoms with Crippen LogP contribution >= 0.6 is 11.8 Å². The van der Waals surface area contributed by atoms with Crippen LogP contribution in [0.2, 0.25) is 0 Å². The molecule has 2 aromatic rings. The predicted molar refractivity (Wildman–Crippen MR) is 101 cm³/mol. The van der Waals surface area contributed by atoms with Crippen LogP contribution in [0, 0.1) is 0 Å². The average molecular weight is 397 g/mol. The molecule has 2 rings (SSSR count). The number of amides is 1. The van der Waals surface area contributed by atoms with Crippen LogP contribution in [0.25, 0.3) is 0 Å². The van der Waals surface area contributed by atoms with Crippen molar-refractivity contribution >= 4 is 17.7 Å². The van der Waals surface area contributed by atoms with E-state index in [2.05, 4.69) is 19.2 Å². The van der Waals surface area contributed by atoms with Crippen molar-refractivity contribution in [3.8, 4) is 0 Å². The molecular formula is C20H22F3NO2S. The van der Waals surface area contributed by atoms with Crippen molar-refractivity contribution in [2.75, 3.05) is 6.54 Å². The summed E-state index contributed by atoms with van der Waals surface area (Å²) in [5, 5.41) is 13.1. The van der Waals surface area contributed by atoms with E-state index in [1.54, 1.807) is 11.8 Å². The number of rotatable bonds is 7. The number of halogens is 3. The maximum Gasteiger partial charge on any atom is 0.416 e. The molecule has 0 radical (unpaired) electrons. The fraction of sp³-hybridized carbons (Fsp3) is 0.350. The first kappa shape index (κ1) is 21.3. The maximum absolute atomic E-state index is 12.5. The summed E-state index contributed by atoms with van der Waals surface area (Å²) in [5.74, 6) is -0.259. The number of thioether (sulfide) groups is 1. The molecule has 0 aliphatic rings. The minimum Gasteiger partial charge on any atom is -0.387 e. The number of aliphatic hydroxyl groups is 1. The summed E-state index contributed by atoms with van der Waals surface area (Å²) >= 11 is 1.74. The Morgan fingerprint density at radius 1 is 1.07 bits per heavy atom. The second kappa shape index (κ2) is 9.28. The molecule has 0 spiro atoms. The van der Waals surface area contributed by atoms with Crippen molar-refractivity contribution < 1.29 is 23.1 Å². The Bertz CT molecular complexity index is 743. The van der Waals surface area contributed by atoms with Gasteiger partial charge < -0.3 is 10.4 Å². The topological polar surface area (TPSA) is 49.3 Å². The van der Waals surface area contributed by atoms with Crippen molar-refractivity contribution in [1.29, 1.82) is 0 Å². The van der Waals surface area contributed by atoms with Gasteiger partial charge in [0.15, 0.2) is 0 Å². The van der Waals surface area contributed by atoms with Gasteiger partial charge in [0.1, 0.15) is 0 Å². The number of aliphatic hydroxyl groups excluding tert-OH is 1. The maximum atomic E-state index is 12.5. The lowest BCUT2D eigenvalue weighted by Gasteiger charge is -2.14. The van der Waals surface area contributed by atoms with Crippen molar-refractivity contribution in [3.63, 3.8) is 0 Å². The SMILES string of the molecule is CC(C)Sc1ccc(CC(=O)NC[C@@H](O)c2ccc(C(F)(F)F)cc2)cc1. The molecule has 146 valence electrons. The highest BCUT2D eigenvalue weighted by Crippen LogP contribution is 2.29. The van der Waals surface area contributed by atoms with Crippen molar-refractivity contribution in [1.82, 2.24) is 5.32 Å². The minimum absolute atomic E-state index is 0.0640. The molecule has 0 aromatic heterocycles. The highest BCUT2D eigenvalue weighted by Gasteiger charge is 2.30. The molecule has 27 heavy (non-hydrogen) atoms. The zero-order chi connectivity index (χ0) is 20.0. The van der Waals surface area contributed by atoms with E-state index in [4.69, 9.17) is 0 Å². The summed E-state index contributed by atoms with van der Waals surface area (Å²) in [6.45, 7) is 4.15. The highest BCUT2D eigenvalue weighted by molar-refractivity contribution is 7.99. The van der Waals surface area contributed by atoms with Gasteiger partial charge in [0.05, 0.1) is 18.1 Å². The average Bonchev–Trinajstić information content (AvgIpc) is 2.60. The van der Waals surface area contributed by atoms with E-state index in [1.165, 1.54) is 12.1 Å². The van der Waals surface area contributed by atoms with Gasteiger partial charge in [-0.05, 0) is 35.4 Å². The zero-order valence-corrected chi connectivity index (χ0v) is 15.9. The van der Waals surface area contributed by atoms with Crippen molar-refractivity contribution in [2.24, 2.45) is 0 Å². The van der Waals surface area contributed by atoms with Gasteiger partial charge in [-0.2, -0.15) is 13.2 Å². The van der Waals surface area contributed by atoms with Crippen LogP contribution in [0.4, 0.5) is 13.2 Å². The quantitative estimate of drug-likeness (QED) is 0.672. The summed E-state index contributed by atoms with van der Waals surface area (Å²) in [5.41, 5.74) is 0.393. The molecule has 0 aliphatic carbocycles. The fourth-order valence-corrected chi connectivity index (χ4v) is 3.27. The lowest BCUT2D eigenvalue weighted by molar-refractivity contribution is -0.137. The monoisotopic (exact) mass is 397 g/mol. The molecule has 1 atom stereocenters. The van der Waals surface area contributed by atoms with E-state index in [0.717, 1.165) is 22.6 Å². The Morgan fingerprint density at radius 3 is 2.19 bits per heavy atom. The van der Waals surface area contributed by atoms with Crippen LogP contribution in [0.1, 0.15) is 36.6 Å². The van der Waals surface area contributed by atoms with Gasteiger partial charge in [-0.15, -0.1) is 11.8 Å². The number of carbonyl (C=O) groups is 1. The van der Waals surface area contributed by atoms with Crippen LogP contribution in [0.15, 0.2) is 53.4 Å². The third-order valence-corrected chi connectivity index (χ3v) is 4.79. The lowest BCUT2D eigenvalue weighted by Crippen LogP contribution is -2.29. The van der Waals surface area contributed by atoms with E-state index in [-0.39, 0.29) is 18.9 Å². The van der Waals surface area contributed by atoms with Crippen LogP contribution in [0.5, 0.6) is 0 Å². The summed E-state index contributed by atoms with van der Waals surface area (Å²) in [7, 11) is 0. The molecule has 2 N–H and O–H groups in total. The van der Waals surface area contributed by atoms with Crippen LogP contribution in [0.3, 0.4) is 0 Å². The van der Waals surface area contributed by atoms with Crippen molar-refractivity contribution in [3.05, 3.63) is 65.2 Å². The Morgan fingerprint density at radius 2 is 1.67 bits per heavy atom. The van der Waals surface area contributed by atoms with Crippen LogP contribution < -0.4 is 5.32 Å². The molecule has 7 heteroatoms. The number of benzene rings is 2. The predicted octanol–water partition coefficient (Wildman–Crippen LogP) is 4.60. The Labute approximate surface area is 161 Å². The van der Waals surface area contributed by atoms with Gasteiger partial charge in [-0.1, -0.05) is 38.1 Å². The highest BCUT2D eigenvalue weighted by atomic mass is 32.2. The zero-order valence-electron chi connectivity index (χ0n) is 15.1. The minimum atomic E-state index is -4.42. The first-order valence-electron chi connectivity index (χ1n) is 8.52. The lowest BCUT2D eigenvalue weighted by atomic mass is 10.1. The smallest absolute Gasteiger partial charge is 0.387 e. The number of carbonyl (C=O) groups excluding carboxylic acids is 1. The molecule has 0 saturated heterocycles. The van der Waals surface area contributed by atoms with Gasteiger partial charge in [-0.3, -0.25) is 4.79 Å². The van der Waals surface area contributed by atoms with Gasteiger partial charge >= 0.3 is 6.18 Å². The summed E-state index contributed by atoms with van der Waals surface area (Å²) in [4.78, 5) is 13.2. The second-order valence-electron chi connectivity index (χ2n) is 6.43. The van der Waals surface area contributed by atoms with E-state index in [0.29, 0.717) is 10.8 Å². The molecule has 0 saturated carbocycles. The molecule has 0 aliphatic heterocycles. The molecule has 0 bridgehead atoms. The standard InChI is InChI=1S/C20H22F3NO2S/c1-13(2)27-17-9-3-14(4-10-17)11-19(26)24-12-18(25)15-5-7-16(8-6-15)20(21,22)23/h3-10,13,18,25H,11-12H2,1-2H3,(H,24,26)/t18-/m1/s1. The summed E-state index contributed by atoms with van der Waals surface area (Å²) in [6.07, 6.45) is -5.31. The third-order valence-electron chi connectivity index (χ3n) is 3.78. The molecule has 1 amide bonds. The molecular weight excluding hydrogens is 375 g/mol. The second-order valence-corrected chi connectivity index (χ2v) is 8.08. The van der Waals surface area contributed by atoms with E-state index in [1.807, 2.05) is 24.3 Å². The molecule has 0 heterocycles. The number of hydrogen-bond acceptors (Lipinski definition) is 3. The summed E-state index contributed by atoms with van der Waals surface area (Å²) < 4.78 is 37.6. The number of alkyl halides is 3. The Hall–Kier alpha value is -1.99. The Kier molecular flexibility index (Phi) is 7.33. The third kappa shape index (κ3) is 6.92. The largest absolute Gasteiger partial charge is 0.416 e.